The number of benzene rings is 1. The Morgan fingerprint density at radius 3 is 2.50 bits per heavy atom. The first kappa shape index (κ1) is 21.7. The van der Waals surface area contributed by atoms with Crippen molar-refractivity contribution in [3.8, 4) is 6.07 Å². The number of likely N-dealkylation sites (tertiary alicyclic amines) is 1. The predicted octanol–water partition coefficient (Wildman–Crippen LogP) is 1.86. The highest BCUT2D eigenvalue weighted by atomic mass is 32.2. The molecule has 3 aliphatic heterocycles. The molecule has 0 bridgehead atoms. The van der Waals surface area contributed by atoms with Crippen LogP contribution in [0.1, 0.15) is 44.6 Å². The first-order chi connectivity index (χ1) is 14.1. The summed E-state index contributed by atoms with van der Waals surface area (Å²) in [7, 11) is -4.01. The molecule has 1 atom stereocenters. The van der Waals surface area contributed by atoms with Gasteiger partial charge in [0.15, 0.2) is 0 Å². The molecular weight excluding hydrogens is 409 g/mol. The van der Waals surface area contributed by atoms with Gasteiger partial charge in [0.25, 0.3) is 0 Å². The molecule has 1 aromatic rings. The van der Waals surface area contributed by atoms with Crippen LogP contribution in [0.2, 0.25) is 0 Å². The van der Waals surface area contributed by atoms with E-state index in [1.54, 1.807) is 0 Å². The number of hydrogen-bond donors (Lipinski definition) is 1. The molecule has 1 N–H and O–H groups in total. The molecule has 0 saturated carbocycles. The Hall–Kier alpha value is -1.57. The summed E-state index contributed by atoms with van der Waals surface area (Å²) in [6.07, 6.45) is 3.47. The molecule has 3 aliphatic rings. The van der Waals surface area contributed by atoms with Gasteiger partial charge in [-0.15, -0.1) is 0 Å². The molecule has 0 amide bonds. The van der Waals surface area contributed by atoms with Crippen molar-refractivity contribution >= 4 is 10.0 Å². The molecule has 3 fully saturated rings. The zero-order chi connectivity index (χ0) is 21.6. The molecule has 1 spiro atoms. The van der Waals surface area contributed by atoms with Crippen molar-refractivity contribution < 1.29 is 22.7 Å². The second kappa shape index (κ2) is 7.84. The molecule has 0 radical (unpaired) electrons. The molecule has 0 aromatic heterocycles. The quantitative estimate of drug-likeness (QED) is 0.776. The highest BCUT2D eigenvalue weighted by Gasteiger charge is 2.47. The lowest BCUT2D eigenvalue weighted by atomic mass is 9.86. The highest BCUT2D eigenvalue weighted by molar-refractivity contribution is 7.89. The van der Waals surface area contributed by atoms with Gasteiger partial charge >= 0.3 is 0 Å². The number of halogens is 1. The van der Waals surface area contributed by atoms with Crippen molar-refractivity contribution in [1.29, 1.82) is 5.26 Å². The van der Waals surface area contributed by atoms with Crippen molar-refractivity contribution in [2.24, 2.45) is 0 Å². The normalized spacial score (nSPS) is 27.2. The van der Waals surface area contributed by atoms with Gasteiger partial charge < -0.3 is 9.84 Å². The van der Waals surface area contributed by atoms with Crippen LogP contribution in [0.3, 0.4) is 0 Å². The average Bonchev–Trinajstić information content (AvgIpc) is 3.12. The van der Waals surface area contributed by atoms with Gasteiger partial charge in [0.1, 0.15) is 10.7 Å². The van der Waals surface area contributed by atoms with Crippen LogP contribution in [0.15, 0.2) is 23.1 Å². The Bertz CT molecular complexity index is 941. The van der Waals surface area contributed by atoms with E-state index >= 15 is 0 Å². The van der Waals surface area contributed by atoms with E-state index in [0.29, 0.717) is 19.4 Å². The van der Waals surface area contributed by atoms with Gasteiger partial charge in [-0.05, 0) is 57.2 Å². The van der Waals surface area contributed by atoms with Crippen molar-refractivity contribution in [2.75, 3.05) is 32.8 Å². The fourth-order valence-corrected chi connectivity index (χ4v) is 6.35. The zero-order valence-corrected chi connectivity index (χ0v) is 18.0. The van der Waals surface area contributed by atoms with E-state index in [1.807, 2.05) is 13.0 Å². The van der Waals surface area contributed by atoms with E-state index < -0.39 is 26.3 Å². The van der Waals surface area contributed by atoms with E-state index in [9.17, 15) is 17.9 Å². The third-order valence-corrected chi connectivity index (χ3v) is 8.81. The SMILES string of the molecule is CC1(O)CCN([C@@H]2COC3(CCN(S(=O)(=O)c4cc(C#N)ccc4F)CC3)C2)CC1. The summed E-state index contributed by atoms with van der Waals surface area (Å²) in [4.78, 5) is 1.93. The molecule has 3 heterocycles. The minimum Gasteiger partial charge on any atom is -0.390 e. The Balaban J connectivity index is 1.40. The monoisotopic (exact) mass is 437 g/mol. The number of nitrogens with zero attached hydrogens (tertiary/aromatic N) is 3. The lowest BCUT2D eigenvalue weighted by Gasteiger charge is -2.40. The molecule has 0 aliphatic carbocycles. The minimum atomic E-state index is -4.01. The number of rotatable bonds is 3. The van der Waals surface area contributed by atoms with Crippen LogP contribution in [0.25, 0.3) is 0 Å². The predicted molar refractivity (Wildman–Crippen MR) is 108 cm³/mol. The molecule has 164 valence electrons. The van der Waals surface area contributed by atoms with Gasteiger partial charge in [0, 0.05) is 32.2 Å². The van der Waals surface area contributed by atoms with Gasteiger partial charge in [-0.25, -0.2) is 12.8 Å². The van der Waals surface area contributed by atoms with Gasteiger partial charge in [0.05, 0.1) is 29.4 Å². The second-order valence-corrected chi connectivity index (χ2v) is 11.0. The van der Waals surface area contributed by atoms with Crippen LogP contribution in [-0.2, 0) is 14.8 Å². The molecule has 30 heavy (non-hydrogen) atoms. The Labute approximate surface area is 177 Å². The number of aliphatic hydroxyl groups is 1. The van der Waals surface area contributed by atoms with Crippen molar-refractivity contribution in [3.05, 3.63) is 29.6 Å². The Morgan fingerprint density at radius 2 is 1.87 bits per heavy atom. The van der Waals surface area contributed by atoms with Gasteiger partial charge in [-0.1, -0.05) is 0 Å². The summed E-state index contributed by atoms with van der Waals surface area (Å²) >= 11 is 0. The van der Waals surface area contributed by atoms with Crippen LogP contribution in [0, 0.1) is 17.1 Å². The summed E-state index contributed by atoms with van der Waals surface area (Å²) < 4.78 is 47.6. The largest absolute Gasteiger partial charge is 0.390 e. The maximum Gasteiger partial charge on any atom is 0.246 e. The van der Waals surface area contributed by atoms with E-state index in [0.717, 1.165) is 44.5 Å². The second-order valence-electron chi connectivity index (χ2n) is 9.05. The number of sulfonamides is 1. The molecule has 7 nitrogen and oxygen atoms in total. The fourth-order valence-electron chi connectivity index (χ4n) is 4.82. The summed E-state index contributed by atoms with van der Waals surface area (Å²) in [5, 5.41) is 19.2. The number of piperidine rings is 2. The standard InChI is InChI=1S/C21H28FN3O4S/c1-20(26)4-8-24(9-5-20)17-13-21(29-15-17)6-10-25(11-7-21)30(27,28)19-12-16(14-23)2-3-18(19)22/h2-3,12,17,26H,4-11,13,15H2,1H3/t17-/m0/s1. The highest BCUT2D eigenvalue weighted by Crippen LogP contribution is 2.40. The molecule has 9 heteroatoms. The molecule has 4 rings (SSSR count). The Morgan fingerprint density at radius 1 is 1.20 bits per heavy atom. The topological polar surface area (TPSA) is 93.9 Å². The van der Waals surface area contributed by atoms with Crippen molar-refractivity contribution in [2.45, 2.75) is 61.2 Å². The molecular formula is C21H28FN3O4S. The first-order valence-corrected chi connectivity index (χ1v) is 11.9. The minimum absolute atomic E-state index is 0.117. The summed E-state index contributed by atoms with van der Waals surface area (Å²) in [6.45, 7) is 4.70. The lowest BCUT2D eigenvalue weighted by Crippen LogP contribution is -2.49. The molecule has 3 saturated heterocycles. The number of nitriles is 1. The smallest absolute Gasteiger partial charge is 0.246 e. The van der Waals surface area contributed by atoms with E-state index in [2.05, 4.69) is 4.90 Å². The average molecular weight is 438 g/mol. The lowest BCUT2D eigenvalue weighted by molar-refractivity contribution is -0.0344. The maximum absolute atomic E-state index is 14.2. The van der Waals surface area contributed by atoms with Crippen LogP contribution < -0.4 is 0 Å². The van der Waals surface area contributed by atoms with E-state index in [-0.39, 0.29) is 30.3 Å². The molecule has 1 aromatic carbocycles. The fraction of sp³-hybridized carbons (Fsp3) is 0.667. The van der Waals surface area contributed by atoms with Gasteiger partial charge in [-0.3, -0.25) is 4.90 Å². The van der Waals surface area contributed by atoms with Gasteiger partial charge in [0.2, 0.25) is 10.0 Å². The van der Waals surface area contributed by atoms with Gasteiger partial charge in [-0.2, -0.15) is 9.57 Å². The number of hydrogen-bond acceptors (Lipinski definition) is 6. The maximum atomic E-state index is 14.2. The summed E-state index contributed by atoms with van der Waals surface area (Å²) in [5.41, 5.74) is -0.819. The molecule has 0 unspecified atom stereocenters. The van der Waals surface area contributed by atoms with Crippen molar-refractivity contribution in [3.63, 3.8) is 0 Å². The third kappa shape index (κ3) is 4.12. The van der Waals surface area contributed by atoms with Crippen LogP contribution in [0.5, 0.6) is 0 Å². The van der Waals surface area contributed by atoms with E-state index in [1.165, 1.54) is 10.4 Å². The van der Waals surface area contributed by atoms with E-state index in [4.69, 9.17) is 10.00 Å². The third-order valence-electron chi connectivity index (χ3n) is 6.89. The zero-order valence-electron chi connectivity index (χ0n) is 17.2. The summed E-state index contributed by atoms with van der Waals surface area (Å²) in [5.74, 6) is -0.840. The number of ether oxygens (including phenoxy) is 1. The van der Waals surface area contributed by atoms with Crippen LogP contribution >= 0.6 is 0 Å². The van der Waals surface area contributed by atoms with Crippen LogP contribution in [0.4, 0.5) is 4.39 Å². The summed E-state index contributed by atoms with van der Waals surface area (Å²) in [6, 6.07) is 5.54. The van der Waals surface area contributed by atoms with Crippen LogP contribution in [-0.4, -0.2) is 72.8 Å². The van der Waals surface area contributed by atoms with Crippen molar-refractivity contribution in [1.82, 2.24) is 9.21 Å². The first-order valence-electron chi connectivity index (χ1n) is 10.4. The Kier molecular flexibility index (Phi) is 5.66.